The van der Waals surface area contributed by atoms with Crippen LogP contribution in [0.15, 0.2) is 30.3 Å². The van der Waals surface area contributed by atoms with Crippen molar-refractivity contribution in [3.05, 3.63) is 41.2 Å². The van der Waals surface area contributed by atoms with Gasteiger partial charge in [0.05, 0.1) is 6.04 Å². The van der Waals surface area contributed by atoms with Crippen LogP contribution < -0.4 is 0 Å². The molecule has 0 radical (unpaired) electrons. The van der Waals surface area contributed by atoms with Crippen LogP contribution in [0.5, 0.6) is 0 Å². The number of rotatable bonds is 3. The first-order valence-electron chi connectivity index (χ1n) is 7.50. The van der Waals surface area contributed by atoms with Crippen LogP contribution in [-0.4, -0.2) is 34.2 Å². The van der Waals surface area contributed by atoms with Gasteiger partial charge in [-0.15, -0.1) is 0 Å². The zero-order valence-corrected chi connectivity index (χ0v) is 13.1. The third kappa shape index (κ3) is 2.59. The molecule has 0 saturated carbocycles. The summed E-state index contributed by atoms with van der Waals surface area (Å²) in [5.74, 6) is -0.0971. The summed E-state index contributed by atoms with van der Waals surface area (Å²) in [6.45, 7) is 2.42. The predicted octanol–water partition coefficient (Wildman–Crippen LogP) is 3.47. The van der Waals surface area contributed by atoms with Crippen molar-refractivity contribution in [2.75, 3.05) is 6.54 Å². The van der Waals surface area contributed by atoms with Crippen molar-refractivity contribution in [2.24, 2.45) is 0 Å². The number of benzene rings is 1. The first kappa shape index (κ1) is 15.0. The van der Waals surface area contributed by atoms with Crippen LogP contribution in [0.1, 0.15) is 36.7 Å². The Kier molecular flexibility index (Phi) is 4.12. The van der Waals surface area contributed by atoms with Crippen LogP contribution in [-0.2, 0) is 4.79 Å². The molecule has 1 aliphatic heterocycles. The van der Waals surface area contributed by atoms with Crippen molar-refractivity contribution in [3.63, 3.8) is 0 Å². The van der Waals surface area contributed by atoms with Crippen LogP contribution in [0.2, 0.25) is 5.15 Å². The summed E-state index contributed by atoms with van der Waals surface area (Å²) < 4.78 is 0. The molecule has 1 aromatic heterocycles. The highest BCUT2D eigenvalue weighted by Gasteiger charge is 2.34. The molecule has 114 valence electrons. The average molecular weight is 317 g/mol. The van der Waals surface area contributed by atoms with Crippen molar-refractivity contribution in [2.45, 2.75) is 32.2 Å². The molecule has 0 bridgehead atoms. The van der Waals surface area contributed by atoms with E-state index in [1.54, 1.807) is 11.0 Å². The van der Waals surface area contributed by atoms with E-state index in [9.17, 15) is 9.59 Å². The van der Waals surface area contributed by atoms with Crippen molar-refractivity contribution in [1.29, 1.82) is 0 Å². The standard InChI is InChI=1S/C17H17ClN2O2/c1-2-14(21)13-8-5-9-20(13)17(22)16-12-7-4-3-6-11(12)10-15(18)19-16/h3-4,6-7,10,13H,2,5,8-9H2,1H3/t13-/m0/s1. The molecular weight excluding hydrogens is 300 g/mol. The third-order valence-corrected chi connectivity index (χ3v) is 4.34. The Bertz CT molecular complexity index is 745. The van der Waals surface area contributed by atoms with Gasteiger partial charge in [0.1, 0.15) is 10.8 Å². The van der Waals surface area contributed by atoms with Gasteiger partial charge in [-0.3, -0.25) is 9.59 Å². The van der Waals surface area contributed by atoms with Crippen LogP contribution in [0.25, 0.3) is 10.8 Å². The maximum Gasteiger partial charge on any atom is 0.273 e. The van der Waals surface area contributed by atoms with Gasteiger partial charge < -0.3 is 4.90 Å². The van der Waals surface area contributed by atoms with E-state index >= 15 is 0 Å². The fraction of sp³-hybridized carbons (Fsp3) is 0.353. The number of hydrogen-bond acceptors (Lipinski definition) is 3. The number of ketones is 1. The molecule has 1 aromatic carbocycles. The predicted molar refractivity (Wildman–Crippen MR) is 86.1 cm³/mol. The summed E-state index contributed by atoms with van der Waals surface area (Å²) >= 11 is 6.05. The van der Waals surface area contributed by atoms with Gasteiger partial charge in [-0.25, -0.2) is 4.98 Å². The molecule has 1 saturated heterocycles. The lowest BCUT2D eigenvalue weighted by molar-refractivity contribution is -0.122. The molecule has 0 spiro atoms. The number of Topliss-reactive ketones (excluding diaryl/α,β-unsaturated/α-hetero) is 1. The first-order valence-corrected chi connectivity index (χ1v) is 7.88. The zero-order chi connectivity index (χ0) is 15.7. The lowest BCUT2D eigenvalue weighted by atomic mass is 10.1. The number of aromatic nitrogens is 1. The summed E-state index contributed by atoms with van der Waals surface area (Å²) in [4.78, 5) is 30.8. The molecule has 0 N–H and O–H groups in total. The normalized spacial score (nSPS) is 17.9. The van der Waals surface area contributed by atoms with Gasteiger partial charge in [-0.2, -0.15) is 0 Å². The Morgan fingerprint density at radius 2 is 2.14 bits per heavy atom. The summed E-state index contributed by atoms with van der Waals surface area (Å²) in [5.41, 5.74) is 0.332. The highest BCUT2D eigenvalue weighted by Crippen LogP contribution is 2.26. The molecule has 1 atom stereocenters. The maximum absolute atomic E-state index is 12.9. The molecule has 4 nitrogen and oxygen atoms in total. The van der Waals surface area contributed by atoms with E-state index < -0.39 is 0 Å². The number of carbonyl (C=O) groups is 2. The van der Waals surface area contributed by atoms with E-state index in [-0.39, 0.29) is 17.7 Å². The average Bonchev–Trinajstić information content (AvgIpc) is 3.02. The largest absolute Gasteiger partial charge is 0.327 e. The van der Waals surface area contributed by atoms with Crippen molar-refractivity contribution < 1.29 is 9.59 Å². The summed E-state index contributed by atoms with van der Waals surface area (Å²) in [5, 5.41) is 1.94. The minimum absolute atomic E-state index is 0.109. The second-order valence-corrected chi connectivity index (χ2v) is 5.88. The number of hydrogen-bond donors (Lipinski definition) is 0. The minimum Gasteiger partial charge on any atom is -0.327 e. The lowest BCUT2D eigenvalue weighted by Crippen LogP contribution is -2.40. The molecule has 1 amide bonds. The van der Waals surface area contributed by atoms with E-state index in [1.807, 2.05) is 31.2 Å². The number of carbonyl (C=O) groups excluding carboxylic acids is 2. The molecule has 22 heavy (non-hydrogen) atoms. The molecule has 0 aliphatic carbocycles. The highest BCUT2D eigenvalue weighted by atomic mass is 35.5. The maximum atomic E-state index is 12.9. The Morgan fingerprint density at radius 3 is 2.91 bits per heavy atom. The van der Waals surface area contributed by atoms with Crippen LogP contribution in [0.3, 0.4) is 0 Å². The number of likely N-dealkylation sites (tertiary alicyclic amines) is 1. The zero-order valence-electron chi connectivity index (χ0n) is 12.4. The smallest absolute Gasteiger partial charge is 0.273 e. The molecular formula is C17H17ClN2O2. The van der Waals surface area contributed by atoms with Gasteiger partial charge >= 0.3 is 0 Å². The molecule has 1 aliphatic rings. The van der Waals surface area contributed by atoms with E-state index in [4.69, 9.17) is 11.6 Å². The summed E-state index contributed by atoms with van der Waals surface area (Å²) in [6.07, 6.45) is 2.02. The van der Waals surface area contributed by atoms with Gasteiger partial charge in [0.2, 0.25) is 0 Å². The Balaban J connectivity index is 2.03. The second kappa shape index (κ2) is 6.05. The van der Waals surface area contributed by atoms with Crippen molar-refractivity contribution >= 4 is 34.1 Å². The molecule has 3 rings (SSSR count). The number of pyridine rings is 1. The highest BCUT2D eigenvalue weighted by molar-refractivity contribution is 6.30. The van der Waals surface area contributed by atoms with Gasteiger partial charge in [0.25, 0.3) is 5.91 Å². The SMILES string of the molecule is CCC(=O)[C@@H]1CCCN1C(=O)c1nc(Cl)cc2ccccc12. The summed E-state index contributed by atoms with van der Waals surface area (Å²) in [7, 11) is 0. The first-order chi connectivity index (χ1) is 10.6. The van der Waals surface area contributed by atoms with Crippen LogP contribution >= 0.6 is 11.6 Å². The number of amides is 1. The monoisotopic (exact) mass is 316 g/mol. The van der Waals surface area contributed by atoms with Gasteiger partial charge in [0, 0.05) is 18.4 Å². The molecule has 0 unspecified atom stereocenters. The summed E-state index contributed by atoms with van der Waals surface area (Å²) in [6, 6.07) is 8.94. The number of fused-ring (bicyclic) bond motifs is 1. The molecule has 1 fully saturated rings. The van der Waals surface area contributed by atoms with Crippen LogP contribution in [0, 0.1) is 0 Å². The molecule has 2 heterocycles. The van der Waals surface area contributed by atoms with E-state index in [1.165, 1.54) is 0 Å². The van der Waals surface area contributed by atoms with Crippen LogP contribution in [0.4, 0.5) is 0 Å². The quantitative estimate of drug-likeness (QED) is 0.815. The van der Waals surface area contributed by atoms with Gasteiger partial charge in [0.15, 0.2) is 5.78 Å². The van der Waals surface area contributed by atoms with E-state index in [0.717, 1.165) is 23.6 Å². The topological polar surface area (TPSA) is 50.3 Å². The Morgan fingerprint density at radius 1 is 1.36 bits per heavy atom. The second-order valence-electron chi connectivity index (χ2n) is 5.49. The lowest BCUT2D eigenvalue weighted by Gasteiger charge is -2.23. The van der Waals surface area contributed by atoms with E-state index in [2.05, 4.69) is 4.98 Å². The molecule has 5 heteroatoms. The molecule has 2 aromatic rings. The van der Waals surface area contributed by atoms with Gasteiger partial charge in [-0.1, -0.05) is 42.8 Å². The number of nitrogens with zero attached hydrogens (tertiary/aromatic N) is 2. The third-order valence-electron chi connectivity index (χ3n) is 4.15. The van der Waals surface area contributed by atoms with E-state index in [0.29, 0.717) is 23.8 Å². The van der Waals surface area contributed by atoms with Crippen molar-refractivity contribution in [1.82, 2.24) is 9.88 Å². The minimum atomic E-state index is -0.322. The Hall–Kier alpha value is -1.94. The van der Waals surface area contributed by atoms with Crippen molar-refractivity contribution in [3.8, 4) is 0 Å². The Labute approximate surface area is 134 Å². The fourth-order valence-electron chi connectivity index (χ4n) is 3.05. The fourth-order valence-corrected chi connectivity index (χ4v) is 3.25. The van der Waals surface area contributed by atoms with Gasteiger partial charge in [-0.05, 0) is 24.3 Å². The number of halogens is 1.